The molecule has 0 aromatic carbocycles. The van der Waals surface area contributed by atoms with Crippen molar-refractivity contribution in [3.05, 3.63) is 27.9 Å². The maximum Gasteiger partial charge on any atom is 0.277 e. The molecule has 0 aliphatic carbocycles. The average molecular weight is 206 g/mol. The van der Waals surface area contributed by atoms with Crippen molar-refractivity contribution in [2.24, 2.45) is 5.92 Å². The molecule has 0 amide bonds. The van der Waals surface area contributed by atoms with Crippen molar-refractivity contribution in [1.29, 1.82) is 0 Å². The van der Waals surface area contributed by atoms with Crippen LogP contribution in [0.25, 0.3) is 5.78 Å². The van der Waals surface area contributed by atoms with Gasteiger partial charge in [-0.3, -0.25) is 9.89 Å². The van der Waals surface area contributed by atoms with Crippen LogP contribution in [0.3, 0.4) is 0 Å². The molecule has 0 unspecified atom stereocenters. The molecule has 2 heterocycles. The summed E-state index contributed by atoms with van der Waals surface area (Å²) in [5.41, 5.74) is 1.51. The van der Waals surface area contributed by atoms with Crippen LogP contribution in [0.5, 0.6) is 0 Å². The van der Waals surface area contributed by atoms with E-state index in [4.69, 9.17) is 0 Å². The Bertz CT molecular complexity index is 538. The number of aryl methyl sites for hydroxylation is 1. The molecular formula is C10H14N4O. The normalized spacial score (nSPS) is 11.5. The molecule has 0 saturated heterocycles. The van der Waals surface area contributed by atoms with Crippen LogP contribution in [0.2, 0.25) is 0 Å². The van der Waals surface area contributed by atoms with Crippen molar-refractivity contribution in [3.8, 4) is 0 Å². The Hall–Kier alpha value is -1.65. The fourth-order valence-electron chi connectivity index (χ4n) is 1.64. The Morgan fingerprint density at radius 1 is 1.53 bits per heavy atom. The smallest absolute Gasteiger partial charge is 0.277 e. The number of nitrogens with zero attached hydrogens (tertiary/aromatic N) is 3. The second-order valence-electron chi connectivity index (χ2n) is 4.10. The monoisotopic (exact) mass is 206 g/mol. The first-order valence-corrected chi connectivity index (χ1v) is 5.01. The largest absolute Gasteiger partial charge is 0.278 e. The topological polar surface area (TPSA) is 63.1 Å². The standard InChI is InChI=1S/C10H14N4O/c1-6(2)4-8-7(3)13-10-11-5-12-14(10)9(8)15/h5-6H,4H2,1-3H3,(H,11,12,13). The van der Waals surface area contributed by atoms with Crippen LogP contribution >= 0.6 is 0 Å². The first kappa shape index (κ1) is 9.89. The van der Waals surface area contributed by atoms with Crippen molar-refractivity contribution in [3.63, 3.8) is 0 Å². The minimum Gasteiger partial charge on any atom is -0.278 e. The second kappa shape index (κ2) is 3.49. The van der Waals surface area contributed by atoms with Gasteiger partial charge in [0, 0.05) is 5.56 Å². The van der Waals surface area contributed by atoms with Gasteiger partial charge in [0.2, 0.25) is 0 Å². The molecule has 5 heteroatoms. The van der Waals surface area contributed by atoms with Crippen molar-refractivity contribution >= 4 is 5.78 Å². The van der Waals surface area contributed by atoms with Gasteiger partial charge in [0.15, 0.2) is 0 Å². The van der Waals surface area contributed by atoms with Gasteiger partial charge < -0.3 is 0 Å². The summed E-state index contributed by atoms with van der Waals surface area (Å²) in [6.45, 7) is 6.02. The zero-order valence-electron chi connectivity index (χ0n) is 9.11. The van der Waals surface area contributed by atoms with Crippen LogP contribution in [0.4, 0.5) is 0 Å². The molecule has 0 aliphatic heterocycles. The lowest BCUT2D eigenvalue weighted by Crippen LogP contribution is -2.23. The van der Waals surface area contributed by atoms with Gasteiger partial charge in [0.05, 0.1) is 5.69 Å². The summed E-state index contributed by atoms with van der Waals surface area (Å²) in [5.74, 6) is 0.879. The van der Waals surface area contributed by atoms with E-state index in [1.165, 1.54) is 10.8 Å². The number of H-pyrrole nitrogens is 1. The van der Waals surface area contributed by atoms with Crippen molar-refractivity contribution in [1.82, 2.24) is 19.6 Å². The Kier molecular flexibility index (Phi) is 2.30. The van der Waals surface area contributed by atoms with E-state index in [-0.39, 0.29) is 5.56 Å². The summed E-state index contributed by atoms with van der Waals surface area (Å²) in [5, 5.41) is 2.76. The van der Waals surface area contributed by atoms with Crippen LogP contribution < -0.4 is 5.56 Å². The van der Waals surface area contributed by atoms with E-state index in [0.29, 0.717) is 11.7 Å². The summed E-state index contributed by atoms with van der Waals surface area (Å²) < 4.78 is 1.38. The molecule has 80 valence electrons. The zero-order chi connectivity index (χ0) is 11.0. The van der Waals surface area contributed by atoms with Gasteiger partial charge >= 0.3 is 0 Å². The third-order valence-corrected chi connectivity index (χ3v) is 2.34. The second-order valence-corrected chi connectivity index (χ2v) is 4.10. The Labute approximate surface area is 87.2 Å². The van der Waals surface area contributed by atoms with Gasteiger partial charge in [-0.1, -0.05) is 13.8 Å². The number of hydrogen-bond donors (Lipinski definition) is 1. The summed E-state index contributed by atoms with van der Waals surface area (Å²) in [4.78, 5) is 20.2. The molecule has 0 atom stereocenters. The maximum atomic E-state index is 12.0. The number of rotatable bonds is 2. The first-order valence-electron chi connectivity index (χ1n) is 5.01. The number of nitrogens with one attached hydrogen (secondary N) is 1. The molecule has 0 spiro atoms. The highest BCUT2D eigenvalue weighted by molar-refractivity contribution is 5.30. The quantitative estimate of drug-likeness (QED) is 0.794. The van der Waals surface area contributed by atoms with E-state index in [1.807, 2.05) is 6.92 Å². The number of hydrogen-bond acceptors (Lipinski definition) is 3. The van der Waals surface area contributed by atoms with E-state index in [0.717, 1.165) is 17.7 Å². The zero-order valence-corrected chi connectivity index (χ0v) is 9.11. The number of aromatic amines is 1. The highest BCUT2D eigenvalue weighted by atomic mass is 16.1. The van der Waals surface area contributed by atoms with E-state index in [1.54, 1.807) is 0 Å². The van der Waals surface area contributed by atoms with Crippen molar-refractivity contribution in [2.45, 2.75) is 27.2 Å². The third kappa shape index (κ3) is 1.65. The van der Waals surface area contributed by atoms with Gasteiger partial charge in [0.1, 0.15) is 6.33 Å². The molecule has 0 saturated carbocycles. The minimum atomic E-state index is -0.0382. The lowest BCUT2D eigenvalue weighted by atomic mass is 10.0. The maximum absolute atomic E-state index is 12.0. The SMILES string of the molecule is Cc1nc2nc[nH]n2c(=O)c1CC(C)C. The first-order chi connectivity index (χ1) is 7.09. The Morgan fingerprint density at radius 2 is 2.27 bits per heavy atom. The molecule has 2 rings (SSSR count). The highest BCUT2D eigenvalue weighted by Crippen LogP contribution is 2.07. The predicted molar refractivity (Wildman–Crippen MR) is 56.9 cm³/mol. The highest BCUT2D eigenvalue weighted by Gasteiger charge is 2.11. The molecule has 2 aromatic heterocycles. The van der Waals surface area contributed by atoms with Gasteiger partial charge in [-0.05, 0) is 19.3 Å². The van der Waals surface area contributed by atoms with Crippen molar-refractivity contribution < 1.29 is 0 Å². The Balaban J connectivity index is 2.67. The summed E-state index contributed by atoms with van der Waals surface area (Å²) in [7, 11) is 0. The fourth-order valence-corrected chi connectivity index (χ4v) is 1.64. The molecule has 0 aliphatic rings. The van der Waals surface area contributed by atoms with E-state index in [9.17, 15) is 4.79 Å². The van der Waals surface area contributed by atoms with Gasteiger partial charge in [-0.25, -0.2) is 9.97 Å². The average Bonchev–Trinajstić information content (AvgIpc) is 2.59. The number of aromatic nitrogens is 4. The van der Waals surface area contributed by atoms with Crippen LogP contribution in [-0.2, 0) is 6.42 Å². The minimum absolute atomic E-state index is 0.0382. The fraction of sp³-hybridized carbons (Fsp3) is 0.500. The lowest BCUT2D eigenvalue weighted by Gasteiger charge is -2.06. The number of fused-ring (bicyclic) bond motifs is 1. The van der Waals surface area contributed by atoms with E-state index >= 15 is 0 Å². The van der Waals surface area contributed by atoms with Crippen LogP contribution in [0.1, 0.15) is 25.1 Å². The molecule has 0 bridgehead atoms. The van der Waals surface area contributed by atoms with Crippen LogP contribution in [0.15, 0.2) is 11.1 Å². The van der Waals surface area contributed by atoms with E-state index in [2.05, 4.69) is 28.9 Å². The Morgan fingerprint density at radius 3 is 2.93 bits per heavy atom. The van der Waals surface area contributed by atoms with Crippen LogP contribution in [-0.4, -0.2) is 19.6 Å². The molecule has 5 nitrogen and oxygen atoms in total. The van der Waals surface area contributed by atoms with E-state index < -0.39 is 0 Å². The van der Waals surface area contributed by atoms with Gasteiger partial charge in [0.25, 0.3) is 11.3 Å². The molecule has 2 aromatic rings. The molecule has 0 fully saturated rings. The van der Waals surface area contributed by atoms with Gasteiger partial charge in [-0.15, -0.1) is 0 Å². The molecular weight excluding hydrogens is 192 g/mol. The molecule has 1 N–H and O–H groups in total. The lowest BCUT2D eigenvalue weighted by molar-refractivity contribution is 0.632. The van der Waals surface area contributed by atoms with Crippen molar-refractivity contribution in [2.75, 3.05) is 0 Å². The summed E-state index contributed by atoms with van der Waals surface area (Å²) >= 11 is 0. The summed E-state index contributed by atoms with van der Waals surface area (Å²) in [6.07, 6.45) is 2.22. The van der Waals surface area contributed by atoms with Gasteiger partial charge in [-0.2, -0.15) is 4.52 Å². The predicted octanol–water partition coefficient (Wildman–Crippen LogP) is 0.925. The third-order valence-electron chi connectivity index (χ3n) is 2.34. The molecule has 15 heavy (non-hydrogen) atoms. The van der Waals surface area contributed by atoms with Crippen LogP contribution in [0, 0.1) is 12.8 Å². The summed E-state index contributed by atoms with van der Waals surface area (Å²) in [6, 6.07) is 0. The molecule has 0 radical (unpaired) electrons.